The summed E-state index contributed by atoms with van der Waals surface area (Å²) in [6, 6.07) is 0. The predicted molar refractivity (Wildman–Crippen MR) is 39.3 cm³/mol. The van der Waals surface area contributed by atoms with Gasteiger partial charge in [0.2, 0.25) is 0 Å². The molecular weight excluding hydrogens is 146 g/mol. The summed E-state index contributed by atoms with van der Waals surface area (Å²) in [6.07, 6.45) is -0.275. The van der Waals surface area contributed by atoms with Crippen molar-refractivity contribution in [3.8, 4) is 0 Å². The first-order chi connectivity index (χ1) is 5.33. The summed E-state index contributed by atoms with van der Waals surface area (Å²) in [7, 11) is 0. The van der Waals surface area contributed by atoms with Crippen molar-refractivity contribution < 1.29 is 14.6 Å². The zero-order chi connectivity index (χ0) is 8.10. The zero-order valence-corrected chi connectivity index (χ0v) is 6.40. The number of rotatable bonds is 3. The van der Waals surface area contributed by atoms with Crippen molar-refractivity contribution >= 4 is 6.29 Å². The Labute approximate surface area is 65.8 Å². The minimum absolute atomic E-state index is 0.437. The van der Waals surface area contributed by atoms with E-state index in [0.29, 0.717) is 26.0 Å². The number of ether oxygens (including phenoxy) is 1. The highest BCUT2D eigenvalue weighted by molar-refractivity contribution is 5.55. The summed E-state index contributed by atoms with van der Waals surface area (Å²) in [6.45, 7) is 3.46. The molecule has 0 aromatic heterocycles. The van der Waals surface area contributed by atoms with Crippen LogP contribution in [-0.4, -0.2) is 55.2 Å². The molecule has 1 aliphatic heterocycles. The number of nitrogens with zero attached hydrogens (tertiary/aromatic N) is 1. The van der Waals surface area contributed by atoms with Gasteiger partial charge >= 0.3 is 0 Å². The van der Waals surface area contributed by atoms with Gasteiger partial charge in [-0.15, -0.1) is 0 Å². The van der Waals surface area contributed by atoms with Crippen LogP contribution in [0.25, 0.3) is 0 Å². The number of aliphatic hydroxyl groups is 1. The second-order valence-corrected chi connectivity index (χ2v) is 2.62. The van der Waals surface area contributed by atoms with Crippen LogP contribution >= 0.6 is 0 Å². The van der Waals surface area contributed by atoms with Crippen molar-refractivity contribution in [2.75, 3.05) is 32.8 Å². The van der Waals surface area contributed by atoms with Crippen LogP contribution in [0.2, 0.25) is 0 Å². The van der Waals surface area contributed by atoms with E-state index in [9.17, 15) is 4.79 Å². The molecule has 0 radical (unpaired) electrons. The van der Waals surface area contributed by atoms with E-state index >= 15 is 0 Å². The molecule has 1 atom stereocenters. The number of carbonyl (C=O) groups is 1. The third-order valence-electron chi connectivity index (χ3n) is 1.71. The molecule has 1 fully saturated rings. The fourth-order valence-corrected chi connectivity index (χ4v) is 1.09. The summed E-state index contributed by atoms with van der Waals surface area (Å²) in [4.78, 5) is 12.1. The number of hydrogen-bond acceptors (Lipinski definition) is 4. The largest absolute Gasteiger partial charge is 0.384 e. The molecule has 1 rings (SSSR count). The molecule has 0 saturated carbocycles. The van der Waals surface area contributed by atoms with Crippen LogP contribution in [0.4, 0.5) is 0 Å². The Bertz CT molecular complexity index is 123. The van der Waals surface area contributed by atoms with E-state index in [1.165, 1.54) is 0 Å². The fraction of sp³-hybridized carbons (Fsp3) is 0.857. The molecule has 0 spiro atoms. The molecule has 0 aromatic carbocycles. The minimum atomic E-state index is -0.840. The van der Waals surface area contributed by atoms with Gasteiger partial charge < -0.3 is 14.6 Å². The molecule has 1 unspecified atom stereocenters. The number of carbonyl (C=O) groups excluding carboxylic acids is 1. The smallest absolute Gasteiger partial charge is 0.149 e. The summed E-state index contributed by atoms with van der Waals surface area (Å²) >= 11 is 0. The molecule has 0 amide bonds. The van der Waals surface area contributed by atoms with E-state index in [-0.39, 0.29) is 0 Å². The Morgan fingerprint density at radius 1 is 1.55 bits per heavy atom. The van der Waals surface area contributed by atoms with Crippen LogP contribution in [0, 0.1) is 0 Å². The first kappa shape index (κ1) is 8.64. The highest BCUT2D eigenvalue weighted by Gasteiger charge is 2.13. The van der Waals surface area contributed by atoms with Gasteiger partial charge in [0.15, 0.2) is 0 Å². The maximum Gasteiger partial charge on any atom is 0.149 e. The molecule has 64 valence electrons. The van der Waals surface area contributed by atoms with E-state index in [1.807, 2.05) is 4.90 Å². The molecule has 1 N–H and O–H groups in total. The maximum absolute atomic E-state index is 10.1. The van der Waals surface area contributed by atoms with Crippen molar-refractivity contribution in [2.24, 2.45) is 0 Å². The van der Waals surface area contributed by atoms with Gasteiger partial charge in [-0.25, -0.2) is 0 Å². The third kappa shape index (κ3) is 2.96. The van der Waals surface area contributed by atoms with Gasteiger partial charge in [0.05, 0.1) is 13.2 Å². The lowest BCUT2D eigenvalue weighted by molar-refractivity contribution is -0.116. The lowest BCUT2D eigenvalue weighted by Gasteiger charge is -2.26. The summed E-state index contributed by atoms with van der Waals surface area (Å²) in [5.41, 5.74) is 0. The number of β-amino-alcohol motifs (C(OH)–C–C–N with tert-alkyl or cyclic N) is 1. The lowest BCUT2D eigenvalue weighted by Crippen LogP contribution is -2.41. The van der Waals surface area contributed by atoms with Gasteiger partial charge in [0, 0.05) is 19.6 Å². The third-order valence-corrected chi connectivity index (χ3v) is 1.71. The summed E-state index contributed by atoms with van der Waals surface area (Å²) < 4.78 is 5.10. The molecule has 4 heteroatoms. The van der Waals surface area contributed by atoms with Crippen LogP contribution in [0.5, 0.6) is 0 Å². The maximum atomic E-state index is 10.1. The average Bonchev–Trinajstić information content (AvgIpc) is 2.06. The molecule has 1 aliphatic rings. The second-order valence-electron chi connectivity index (χ2n) is 2.62. The monoisotopic (exact) mass is 159 g/mol. The van der Waals surface area contributed by atoms with Crippen molar-refractivity contribution in [3.63, 3.8) is 0 Å². The highest BCUT2D eigenvalue weighted by Crippen LogP contribution is 1.96. The molecule has 0 aromatic rings. The first-order valence-corrected chi connectivity index (χ1v) is 3.76. The Morgan fingerprint density at radius 3 is 2.73 bits per heavy atom. The summed E-state index contributed by atoms with van der Waals surface area (Å²) in [5, 5.41) is 8.96. The van der Waals surface area contributed by atoms with E-state index in [1.54, 1.807) is 0 Å². The Hall–Kier alpha value is -0.450. The molecule has 0 aliphatic carbocycles. The lowest BCUT2D eigenvalue weighted by atomic mass is 10.3. The first-order valence-electron chi connectivity index (χ1n) is 3.76. The molecule has 1 saturated heterocycles. The van der Waals surface area contributed by atoms with Gasteiger partial charge in [-0.05, 0) is 0 Å². The molecule has 11 heavy (non-hydrogen) atoms. The zero-order valence-electron chi connectivity index (χ0n) is 6.40. The van der Waals surface area contributed by atoms with Crippen molar-refractivity contribution in [1.82, 2.24) is 4.90 Å². The van der Waals surface area contributed by atoms with E-state index in [2.05, 4.69) is 0 Å². The van der Waals surface area contributed by atoms with Gasteiger partial charge in [0.25, 0.3) is 0 Å². The molecular formula is C7H13NO3. The average molecular weight is 159 g/mol. The van der Waals surface area contributed by atoms with E-state index in [0.717, 1.165) is 13.1 Å². The van der Waals surface area contributed by atoms with Crippen LogP contribution in [0.15, 0.2) is 0 Å². The van der Waals surface area contributed by atoms with Crippen LogP contribution in [0.1, 0.15) is 0 Å². The molecule has 0 bridgehead atoms. The highest BCUT2D eigenvalue weighted by atomic mass is 16.5. The van der Waals surface area contributed by atoms with Crippen LogP contribution < -0.4 is 0 Å². The van der Waals surface area contributed by atoms with E-state index in [4.69, 9.17) is 9.84 Å². The quantitative estimate of drug-likeness (QED) is 0.530. The van der Waals surface area contributed by atoms with Crippen molar-refractivity contribution in [1.29, 1.82) is 0 Å². The number of morpholine rings is 1. The Kier molecular flexibility index (Phi) is 3.48. The molecule has 4 nitrogen and oxygen atoms in total. The van der Waals surface area contributed by atoms with Crippen LogP contribution in [0.3, 0.4) is 0 Å². The van der Waals surface area contributed by atoms with Gasteiger partial charge in [-0.2, -0.15) is 0 Å². The predicted octanol–water partition coefficient (Wildman–Crippen LogP) is -1.12. The number of aldehydes is 1. The van der Waals surface area contributed by atoms with Crippen LogP contribution in [-0.2, 0) is 9.53 Å². The Morgan fingerprint density at radius 2 is 2.18 bits per heavy atom. The number of hydrogen-bond donors (Lipinski definition) is 1. The second kappa shape index (κ2) is 4.43. The van der Waals surface area contributed by atoms with Crippen molar-refractivity contribution in [3.05, 3.63) is 0 Å². The van der Waals surface area contributed by atoms with E-state index < -0.39 is 6.10 Å². The fourth-order valence-electron chi connectivity index (χ4n) is 1.09. The minimum Gasteiger partial charge on any atom is -0.384 e. The standard InChI is InChI=1S/C7H13NO3/c9-6-7(10)5-8-1-3-11-4-2-8/h6-7,10H,1-5H2. The van der Waals surface area contributed by atoms with Gasteiger partial charge in [-0.1, -0.05) is 0 Å². The van der Waals surface area contributed by atoms with Gasteiger partial charge in [-0.3, -0.25) is 4.90 Å². The van der Waals surface area contributed by atoms with Gasteiger partial charge in [0.1, 0.15) is 12.4 Å². The summed E-state index contributed by atoms with van der Waals surface area (Å²) in [5.74, 6) is 0. The SMILES string of the molecule is O=CC(O)CN1CCOCC1. The normalized spacial score (nSPS) is 23.0. The molecule has 1 heterocycles. The van der Waals surface area contributed by atoms with Crippen molar-refractivity contribution in [2.45, 2.75) is 6.10 Å². The number of aliphatic hydroxyl groups excluding tert-OH is 1. The topological polar surface area (TPSA) is 49.8 Å². The Balaban J connectivity index is 2.18.